The minimum atomic E-state index is -0.470. The van der Waals surface area contributed by atoms with Crippen molar-refractivity contribution < 1.29 is 4.52 Å². The first-order chi connectivity index (χ1) is 11.5. The largest absolute Gasteiger partial charge is 0.337 e. The second-order valence-corrected chi connectivity index (χ2v) is 6.10. The molecule has 0 radical (unpaired) electrons. The maximum Gasteiger partial charge on any atom is 0.285 e. The van der Waals surface area contributed by atoms with Gasteiger partial charge in [-0.3, -0.25) is 4.79 Å². The van der Waals surface area contributed by atoms with Crippen molar-refractivity contribution in [2.45, 2.75) is 20.4 Å². The zero-order chi connectivity index (χ0) is 17.3. The van der Waals surface area contributed by atoms with E-state index < -0.39 is 5.56 Å². The van der Waals surface area contributed by atoms with E-state index in [2.05, 4.69) is 31.2 Å². The van der Waals surface area contributed by atoms with Gasteiger partial charge >= 0.3 is 0 Å². The second kappa shape index (κ2) is 6.37. The maximum absolute atomic E-state index is 12.3. The summed E-state index contributed by atoms with van der Waals surface area (Å²) in [5.74, 6) is 0.662. The van der Waals surface area contributed by atoms with Crippen molar-refractivity contribution in [3.63, 3.8) is 0 Å². The number of aryl methyl sites for hydroxylation is 1. The fourth-order valence-electron chi connectivity index (χ4n) is 2.20. The Balaban J connectivity index is 1.95. The van der Waals surface area contributed by atoms with Gasteiger partial charge < -0.3 is 4.52 Å². The normalized spacial score (nSPS) is 10.6. The van der Waals surface area contributed by atoms with E-state index in [0.717, 1.165) is 10.0 Å². The summed E-state index contributed by atoms with van der Waals surface area (Å²) in [6.45, 7) is 3.45. The Morgan fingerprint density at radius 1 is 1.38 bits per heavy atom. The first-order valence-corrected chi connectivity index (χ1v) is 7.86. The van der Waals surface area contributed by atoms with Gasteiger partial charge in [0.25, 0.3) is 5.56 Å². The van der Waals surface area contributed by atoms with E-state index in [1.54, 1.807) is 13.8 Å². The summed E-state index contributed by atoms with van der Waals surface area (Å²) >= 11 is 3.39. The van der Waals surface area contributed by atoms with E-state index in [0.29, 0.717) is 17.1 Å². The number of aromatic nitrogens is 4. The van der Waals surface area contributed by atoms with E-state index in [-0.39, 0.29) is 18.0 Å². The standard InChI is InChI=1S/C16H12BrN5O2/c1-9-10(2)20-22(16(23)13(9)7-18)8-14-19-15(21-24-14)11-4-3-5-12(17)6-11/h3-6H,8H2,1-2H3. The van der Waals surface area contributed by atoms with Crippen LogP contribution in [-0.4, -0.2) is 19.9 Å². The van der Waals surface area contributed by atoms with E-state index >= 15 is 0 Å². The quantitative estimate of drug-likeness (QED) is 0.686. The predicted octanol–water partition coefficient (Wildman–Crippen LogP) is 2.59. The molecule has 0 saturated heterocycles. The van der Waals surface area contributed by atoms with Gasteiger partial charge in [0, 0.05) is 10.0 Å². The highest BCUT2D eigenvalue weighted by molar-refractivity contribution is 9.10. The predicted molar refractivity (Wildman–Crippen MR) is 89.2 cm³/mol. The number of nitrogens with zero attached hydrogens (tertiary/aromatic N) is 5. The molecule has 0 unspecified atom stereocenters. The van der Waals surface area contributed by atoms with Crippen LogP contribution in [0, 0.1) is 25.2 Å². The Hall–Kier alpha value is -2.79. The lowest BCUT2D eigenvalue weighted by molar-refractivity contribution is 0.362. The van der Waals surface area contributed by atoms with Crippen molar-refractivity contribution >= 4 is 15.9 Å². The average molecular weight is 386 g/mol. The first kappa shape index (κ1) is 16.1. The van der Waals surface area contributed by atoms with Crippen LogP contribution in [-0.2, 0) is 6.54 Å². The van der Waals surface area contributed by atoms with Crippen molar-refractivity contribution in [1.29, 1.82) is 5.26 Å². The van der Waals surface area contributed by atoms with Crippen LogP contribution in [0.15, 0.2) is 38.1 Å². The fourth-order valence-corrected chi connectivity index (χ4v) is 2.60. The number of halogens is 1. The lowest BCUT2D eigenvalue weighted by Crippen LogP contribution is -2.28. The molecule has 24 heavy (non-hydrogen) atoms. The zero-order valence-electron chi connectivity index (χ0n) is 12.9. The molecule has 0 saturated carbocycles. The molecule has 3 rings (SSSR count). The Kier molecular flexibility index (Phi) is 4.27. The number of benzene rings is 1. The molecule has 0 aliphatic heterocycles. The molecule has 0 amide bonds. The van der Waals surface area contributed by atoms with Crippen LogP contribution in [0.1, 0.15) is 22.7 Å². The topological polar surface area (TPSA) is 97.6 Å². The smallest absolute Gasteiger partial charge is 0.285 e. The molecule has 7 nitrogen and oxygen atoms in total. The van der Waals surface area contributed by atoms with Crippen molar-refractivity contribution in [2.75, 3.05) is 0 Å². The minimum Gasteiger partial charge on any atom is -0.337 e. The van der Waals surface area contributed by atoms with Crippen LogP contribution < -0.4 is 5.56 Å². The summed E-state index contributed by atoms with van der Waals surface area (Å²) in [7, 11) is 0. The second-order valence-electron chi connectivity index (χ2n) is 5.18. The number of nitriles is 1. The summed E-state index contributed by atoms with van der Waals surface area (Å²) in [5, 5.41) is 17.3. The molecule has 120 valence electrons. The van der Waals surface area contributed by atoms with Crippen molar-refractivity contribution in [2.24, 2.45) is 0 Å². The summed E-state index contributed by atoms with van der Waals surface area (Å²) < 4.78 is 7.27. The summed E-state index contributed by atoms with van der Waals surface area (Å²) in [5.41, 5.74) is 1.59. The van der Waals surface area contributed by atoms with Crippen LogP contribution in [0.4, 0.5) is 0 Å². The number of hydrogen-bond acceptors (Lipinski definition) is 6. The summed E-state index contributed by atoms with van der Waals surface area (Å²) in [6, 6.07) is 9.40. The van der Waals surface area contributed by atoms with E-state index in [9.17, 15) is 4.79 Å². The van der Waals surface area contributed by atoms with Gasteiger partial charge in [-0.2, -0.15) is 15.3 Å². The molecule has 3 aromatic rings. The highest BCUT2D eigenvalue weighted by Crippen LogP contribution is 2.20. The Bertz CT molecular complexity index is 1020. The van der Waals surface area contributed by atoms with E-state index in [1.807, 2.05) is 30.3 Å². The van der Waals surface area contributed by atoms with Gasteiger partial charge in [0.1, 0.15) is 18.2 Å². The zero-order valence-corrected chi connectivity index (χ0v) is 14.5. The van der Waals surface area contributed by atoms with Gasteiger partial charge in [-0.25, -0.2) is 4.68 Å². The number of hydrogen-bond donors (Lipinski definition) is 0. The molecule has 0 aliphatic rings. The molecule has 8 heteroatoms. The number of rotatable bonds is 3. The first-order valence-electron chi connectivity index (χ1n) is 7.06. The SMILES string of the molecule is Cc1nn(Cc2nc(-c3cccc(Br)c3)no2)c(=O)c(C#N)c1C. The summed E-state index contributed by atoms with van der Waals surface area (Å²) in [4.78, 5) is 16.6. The van der Waals surface area contributed by atoms with Crippen LogP contribution in [0.25, 0.3) is 11.4 Å². The lowest BCUT2D eigenvalue weighted by atomic mass is 10.1. The Morgan fingerprint density at radius 2 is 2.17 bits per heavy atom. The van der Waals surface area contributed by atoms with Crippen LogP contribution in [0.5, 0.6) is 0 Å². The monoisotopic (exact) mass is 385 g/mol. The minimum absolute atomic E-state index is 0.00956. The molecular formula is C16H12BrN5O2. The third-order valence-electron chi connectivity index (χ3n) is 3.58. The van der Waals surface area contributed by atoms with Gasteiger partial charge in [-0.15, -0.1) is 0 Å². The highest BCUT2D eigenvalue weighted by Gasteiger charge is 2.15. The molecule has 0 bridgehead atoms. The van der Waals surface area contributed by atoms with Crippen LogP contribution in [0.3, 0.4) is 0 Å². The molecule has 0 spiro atoms. The maximum atomic E-state index is 12.3. The fraction of sp³-hybridized carbons (Fsp3) is 0.188. The van der Waals surface area contributed by atoms with Crippen molar-refractivity contribution in [1.82, 2.24) is 19.9 Å². The van der Waals surface area contributed by atoms with Gasteiger partial charge in [-0.1, -0.05) is 33.2 Å². The Labute approximate surface area is 145 Å². The van der Waals surface area contributed by atoms with E-state index in [4.69, 9.17) is 9.78 Å². The highest BCUT2D eigenvalue weighted by atomic mass is 79.9. The van der Waals surface area contributed by atoms with Crippen LogP contribution >= 0.6 is 15.9 Å². The molecule has 0 aliphatic carbocycles. The van der Waals surface area contributed by atoms with Gasteiger partial charge in [0.05, 0.1) is 5.69 Å². The molecule has 0 N–H and O–H groups in total. The molecule has 1 aromatic carbocycles. The van der Waals surface area contributed by atoms with Crippen LogP contribution in [0.2, 0.25) is 0 Å². The van der Waals surface area contributed by atoms with Gasteiger partial charge in [0.2, 0.25) is 11.7 Å². The average Bonchev–Trinajstić information content (AvgIpc) is 3.02. The van der Waals surface area contributed by atoms with Gasteiger partial charge in [-0.05, 0) is 31.5 Å². The molecule has 0 atom stereocenters. The molecule has 2 aromatic heterocycles. The van der Waals surface area contributed by atoms with Crippen molar-refractivity contribution in [3.05, 3.63) is 61.8 Å². The lowest BCUT2D eigenvalue weighted by Gasteiger charge is -2.06. The van der Waals surface area contributed by atoms with Crippen molar-refractivity contribution in [3.8, 4) is 17.5 Å². The van der Waals surface area contributed by atoms with Gasteiger partial charge in [0.15, 0.2) is 0 Å². The van der Waals surface area contributed by atoms with E-state index in [1.165, 1.54) is 4.68 Å². The third-order valence-corrected chi connectivity index (χ3v) is 4.08. The molecule has 2 heterocycles. The molecular weight excluding hydrogens is 374 g/mol. The third kappa shape index (κ3) is 2.98. The summed E-state index contributed by atoms with van der Waals surface area (Å²) in [6.07, 6.45) is 0. The Morgan fingerprint density at radius 3 is 2.88 bits per heavy atom. The molecule has 0 fully saturated rings.